The third-order valence-corrected chi connectivity index (χ3v) is 7.00. The predicted molar refractivity (Wildman–Crippen MR) is 112 cm³/mol. The first-order valence-electron chi connectivity index (χ1n) is 9.74. The van der Waals surface area contributed by atoms with Crippen LogP contribution in [0.3, 0.4) is 0 Å². The maximum Gasteiger partial charge on any atom is 0.238 e. The molecule has 1 atom stereocenters. The van der Waals surface area contributed by atoms with E-state index in [2.05, 4.69) is 5.32 Å². The Labute approximate surface area is 176 Å². The topological polar surface area (TPSA) is 90.0 Å². The van der Waals surface area contributed by atoms with E-state index < -0.39 is 10.0 Å². The molecule has 0 aliphatic carbocycles. The molecule has 1 unspecified atom stereocenters. The van der Waals surface area contributed by atoms with Gasteiger partial charge in [0.05, 0.1) is 29.4 Å². The van der Waals surface area contributed by atoms with Crippen LogP contribution in [0.2, 0.25) is 5.02 Å². The highest BCUT2D eigenvalue weighted by Gasteiger charge is 2.33. The number of hydrogen-bond donors (Lipinski definition) is 1. The van der Waals surface area contributed by atoms with E-state index in [-0.39, 0.29) is 30.8 Å². The standard InChI is InChI=1S/C19H27ClN4O4S/c1-29(27,28)24-8-4-5-15(13-24)19(26)23-11-9-22(10-12-23)14-18(25)21-17-7-3-2-6-16(17)20/h2-3,6-7,15H,4-5,8-14H2,1H3,(H,21,25). The fourth-order valence-corrected chi connectivity index (χ4v) is 4.88. The van der Waals surface area contributed by atoms with Crippen molar-refractivity contribution in [2.24, 2.45) is 5.92 Å². The Morgan fingerprint density at radius 1 is 1.14 bits per heavy atom. The average molecular weight is 443 g/mol. The molecule has 3 rings (SSSR count). The third kappa shape index (κ3) is 5.91. The van der Waals surface area contributed by atoms with Gasteiger partial charge in [0.15, 0.2) is 0 Å². The number of piperazine rings is 1. The van der Waals surface area contributed by atoms with Crippen molar-refractivity contribution in [1.29, 1.82) is 0 Å². The molecule has 2 saturated heterocycles. The minimum atomic E-state index is -3.27. The summed E-state index contributed by atoms with van der Waals surface area (Å²) in [6.07, 6.45) is 2.60. The molecule has 160 valence electrons. The number of halogens is 1. The summed E-state index contributed by atoms with van der Waals surface area (Å²) in [5, 5.41) is 3.30. The normalized spacial score (nSPS) is 21.7. The van der Waals surface area contributed by atoms with Crippen LogP contribution in [-0.2, 0) is 19.6 Å². The van der Waals surface area contributed by atoms with Gasteiger partial charge in [0.2, 0.25) is 21.8 Å². The van der Waals surface area contributed by atoms with Gasteiger partial charge in [-0.15, -0.1) is 0 Å². The van der Waals surface area contributed by atoms with Gasteiger partial charge < -0.3 is 10.2 Å². The molecule has 2 amide bonds. The molecule has 8 nitrogen and oxygen atoms in total. The molecule has 2 aliphatic rings. The molecule has 0 spiro atoms. The third-order valence-electron chi connectivity index (χ3n) is 5.40. The van der Waals surface area contributed by atoms with Crippen LogP contribution in [-0.4, -0.2) is 86.4 Å². The molecule has 2 aliphatic heterocycles. The van der Waals surface area contributed by atoms with Crippen LogP contribution in [0.4, 0.5) is 5.69 Å². The summed E-state index contributed by atoms with van der Waals surface area (Å²) in [6, 6.07) is 7.08. The minimum absolute atomic E-state index is 0.0125. The van der Waals surface area contributed by atoms with Crippen LogP contribution < -0.4 is 5.32 Å². The highest BCUT2D eigenvalue weighted by Crippen LogP contribution is 2.22. The van der Waals surface area contributed by atoms with Crippen LogP contribution in [0, 0.1) is 5.92 Å². The lowest BCUT2D eigenvalue weighted by Crippen LogP contribution is -2.53. The lowest BCUT2D eigenvalue weighted by molar-refractivity contribution is -0.138. The van der Waals surface area contributed by atoms with Gasteiger partial charge in [-0.3, -0.25) is 14.5 Å². The molecule has 1 N–H and O–H groups in total. The average Bonchev–Trinajstić information content (AvgIpc) is 2.69. The Morgan fingerprint density at radius 3 is 2.48 bits per heavy atom. The van der Waals surface area contributed by atoms with Gasteiger partial charge in [-0.1, -0.05) is 23.7 Å². The van der Waals surface area contributed by atoms with Gasteiger partial charge in [-0.25, -0.2) is 12.7 Å². The van der Waals surface area contributed by atoms with Crippen molar-refractivity contribution in [1.82, 2.24) is 14.1 Å². The fourth-order valence-electron chi connectivity index (χ4n) is 3.79. The number of nitrogens with one attached hydrogen (secondary N) is 1. The van der Waals surface area contributed by atoms with E-state index in [1.807, 2.05) is 11.0 Å². The number of carbonyl (C=O) groups excluding carboxylic acids is 2. The lowest BCUT2D eigenvalue weighted by Gasteiger charge is -2.38. The molecule has 1 aromatic rings. The number of para-hydroxylation sites is 1. The number of piperidine rings is 1. The summed E-state index contributed by atoms with van der Waals surface area (Å²) in [5.74, 6) is -0.416. The Bertz CT molecular complexity index is 856. The maximum atomic E-state index is 12.8. The zero-order chi connectivity index (χ0) is 21.0. The summed E-state index contributed by atoms with van der Waals surface area (Å²) >= 11 is 6.06. The fraction of sp³-hybridized carbons (Fsp3) is 0.579. The van der Waals surface area contributed by atoms with Gasteiger partial charge >= 0.3 is 0 Å². The smallest absolute Gasteiger partial charge is 0.238 e. The van der Waals surface area contributed by atoms with Crippen LogP contribution in [0.25, 0.3) is 0 Å². The van der Waals surface area contributed by atoms with Crippen LogP contribution >= 0.6 is 11.6 Å². The molecule has 0 aromatic heterocycles. The van der Waals surface area contributed by atoms with Crippen molar-refractivity contribution in [2.45, 2.75) is 12.8 Å². The molecule has 2 fully saturated rings. The van der Waals surface area contributed by atoms with Crippen molar-refractivity contribution >= 4 is 39.1 Å². The van der Waals surface area contributed by atoms with Gasteiger partial charge in [-0.05, 0) is 25.0 Å². The number of sulfonamides is 1. The van der Waals surface area contributed by atoms with Gasteiger partial charge in [0.25, 0.3) is 0 Å². The number of nitrogens with zero attached hydrogens (tertiary/aromatic N) is 3. The Balaban J connectivity index is 1.47. The highest BCUT2D eigenvalue weighted by molar-refractivity contribution is 7.88. The van der Waals surface area contributed by atoms with E-state index in [1.54, 1.807) is 23.1 Å². The summed E-state index contributed by atoms with van der Waals surface area (Å²) in [7, 11) is -3.27. The first-order chi connectivity index (χ1) is 13.7. The SMILES string of the molecule is CS(=O)(=O)N1CCCC(C(=O)N2CCN(CC(=O)Nc3ccccc3Cl)CC2)C1. The van der Waals surface area contributed by atoms with Crippen LogP contribution in [0.1, 0.15) is 12.8 Å². The first kappa shape index (κ1) is 22.0. The maximum absolute atomic E-state index is 12.8. The van der Waals surface area contributed by atoms with Crippen molar-refractivity contribution in [3.8, 4) is 0 Å². The van der Waals surface area contributed by atoms with Gasteiger partial charge in [0, 0.05) is 39.3 Å². The van der Waals surface area contributed by atoms with E-state index in [0.29, 0.717) is 56.3 Å². The second kappa shape index (κ2) is 9.42. The number of benzene rings is 1. The van der Waals surface area contributed by atoms with Crippen molar-refractivity contribution in [3.05, 3.63) is 29.3 Å². The predicted octanol–water partition coefficient (Wildman–Crippen LogP) is 1.09. The molecular formula is C19H27ClN4O4S. The molecule has 2 heterocycles. The van der Waals surface area contributed by atoms with E-state index in [0.717, 1.165) is 0 Å². The molecule has 1 aromatic carbocycles. The van der Waals surface area contributed by atoms with Gasteiger partial charge in [0.1, 0.15) is 0 Å². The zero-order valence-electron chi connectivity index (χ0n) is 16.5. The lowest BCUT2D eigenvalue weighted by atomic mass is 9.98. The van der Waals surface area contributed by atoms with E-state index in [9.17, 15) is 18.0 Å². The monoisotopic (exact) mass is 442 g/mol. The number of amides is 2. The second-order valence-electron chi connectivity index (χ2n) is 7.59. The molecule has 0 bridgehead atoms. The van der Waals surface area contributed by atoms with Crippen LogP contribution in [0.5, 0.6) is 0 Å². The van der Waals surface area contributed by atoms with Crippen LogP contribution in [0.15, 0.2) is 24.3 Å². The van der Waals surface area contributed by atoms with Gasteiger partial charge in [-0.2, -0.15) is 0 Å². The van der Waals surface area contributed by atoms with E-state index >= 15 is 0 Å². The highest BCUT2D eigenvalue weighted by atomic mass is 35.5. The molecular weight excluding hydrogens is 416 g/mol. The Kier molecular flexibility index (Phi) is 7.15. The van der Waals surface area contributed by atoms with Crippen molar-refractivity contribution in [3.63, 3.8) is 0 Å². The summed E-state index contributed by atoms with van der Waals surface area (Å²) < 4.78 is 25.0. The largest absolute Gasteiger partial charge is 0.340 e. The van der Waals surface area contributed by atoms with E-state index in [1.165, 1.54) is 10.6 Å². The van der Waals surface area contributed by atoms with E-state index in [4.69, 9.17) is 11.6 Å². The summed E-state index contributed by atoms with van der Waals surface area (Å²) in [4.78, 5) is 28.9. The number of carbonyl (C=O) groups is 2. The van der Waals surface area contributed by atoms with Crippen molar-refractivity contribution in [2.75, 3.05) is 57.4 Å². The first-order valence-corrected chi connectivity index (χ1v) is 12.0. The summed E-state index contributed by atoms with van der Waals surface area (Å²) in [6.45, 7) is 3.25. The molecule has 10 heteroatoms. The molecule has 0 radical (unpaired) electrons. The molecule has 29 heavy (non-hydrogen) atoms. The van der Waals surface area contributed by atoms with Crippen molar-refractivity contribution < 1.29 is 18.0 Å². The number of anilines is 1. The number of rotatable bonds is 5. The minimum Gasteiger partial charge on any atom is -0.340 e. The number of hydrogen-bond acceptors (Lipinski definition) is 5. The quantitative estimate of drug-likeness (QED) is 0.737. The zero-order valence-corrected chi connectivity index (χ0v) is 18.1. The Morgan fingerprint density at radius 2 is 1.83 bits per heavy atom. The molecule has 0 saturated carbocycles. The summed E-state index contributed by atoms with van der Waals surface area (Å²) in [5.41, 5.74) is 0.584. The second-order valence-corrected chi connectivity index (χ2v) is 9.98. The Hall–Kier alpha value is -1.68.